The van der Waals surface area contributed by atoms with Gasteiger partial charge in [0.1, 0.15) is 0 Å². The second-order valence-corrected chi connectivity index (χ2v) is 6.25. The standard InChI is InChI=1S/C14H25N3OS/c1-3-11-5-6-12(19-11)9-13(16-15)14-10-17(4-2)7-8-18-14/h5-6,13-14,16H,3-4,7-10,15H2,1-2H3. The van der Waals surface area contributed by atoms with E-state index < -0.39 is 0 Å². The van der Waals surface area contributed by atoms with Gasteiger partial charge in [-0.3, -0.25) is 16.2 Å². The summed E-state index contributed by atoms with van der Waals surface area (Å²) in [7, 11) is 0. The molecule has 0 bridgehead atoms. The monoisotopic (exact) mass is 283 g/mol. The normalized spacial score (nSPS) is 22.6. The zero-order valence-corrected chi connectivity index (χ0v) is 12.7. The maximum atomic E-state index is 5.89. The number of hydrogen-bond acceptors (Lipinski definition) is 5. The number of thiophene rings is 1. The summed E-state index contributed by atoms with van der Waals surface area (Å²) in [6.45, 7) is 8.27. The van der Waals surface area contributed by atoms with Gasteiger partial charge in [0.05, 0.1) is 18.8 Å². The van der Waals surface area contributed by atoms with Crippen LogP contribution in [0.15, 0.2) is 12.1 Å². The van der Waals surface area contributed by atoms with Gasteiger partial charge < -0.3 is 4.74 Å². The van der Waals surface area contributed by atoms with Crippen molar-refractivity contribution < 1.29 is 4.74 Å². The molecular formula is C14H25N3OS. The van der Waals surface area contributed by atoms with Crippen molar-refractivity contribution in [3.8, 4) is 0 Å². The molecule has 0 saturated carbocycles. The predicted molar refractivity (Wildman–Crippen MR) is 80.4 cm³/mol. The minimum absolute atomic E-state index is 0.186. The molecule has 2 unspecified atom stereocenters. The van der Waals surface area contributed by atoms with Gasteiger partial charge in [0.25, 0.3) is 0 Å². The summed E-state index contributed by atoms with van der Waals surface area (Å²) in [4.78, 5) is 5.24. The molecule has 1 aromatic heterocycles. The number of morpholine rings is 1. The lowest BCUT2D eigenvalue weighted by Gasteiger charge is -2.36. The van der Waals surface area contributed by atoms with Gasteiger partial charge in [-0.15, -0.1) is 11.3 Å². The lowest BCUT2D eigenvalue weighted by atomic mass is 10.1. The lowest BCUT2D eigenvalue weighted by Crippen LogP contribution is -2.54. The van der Waals surface area contributed by atoms with E-state index in [9.17, 15) is 0 Å². The molecule has 2 heterocycles. The smallest absolute Gasteiger partial charge is 0.0872 e. The molecule has 0 aromatic carbocycles. The molecule has 0 radical (unpaired) electrons. The van der Waals surface area contributed by atoms with Gasteiger partial charge >= 0.3 is 0 Å². The summed E-state index contributed by atoms with van der Waals surface area (Å²) in [6, 6.07) is 4.62. The largest absolute Gasteiger partial charge is 0.374 e. The van der Waals surface area contributed by atoms with Crippen LogP contribution in [0.5, 0.6) is 0 Å². The lowest BCUT2D eigenvalue weighted by molar-refractivity contribution is -0.0446. The average Bonchev–Trinajstić information content (AvgIpc) is 2.92. The Hall–Kier alpha value is -0.460. The average molecular weight is 283 g/mol. The summed E-state index contributed by atoms with van der Waals surface area (Å²) in [5, 5.41) is 0. The van der Waals surface area contributed by atoms with Crippen LogP contribution in [0.2, 0.25) is 0 Å². The fourth-order valence-corrected chi connectivity index (χ4v) is 3.51. The first kappa shape index (κ1) is 14.9. The van der Waals surface area contributed by atoms with Gasteiger partial charge in [0.15, 0.2) is 0 Å². The van der Waals surface area contributed by atoms with Crippen LogP contribution in [0.3, 0.4) is 0 Å². The zero-order valence-electron chi connectivity index (χ0n) is 11.9. The van der Waals surface area contributed by atoms with Crippen LogP contribution >= 0.6 is 11.3 Å². The Morgan fingerprint density at radius 3 is 2.89 bits per heavy atom. The van der Waals surface area contributed by atoms with Gasteiger partial charge in [-0.1, -0.05) is 13.8 Å². The zero-order chi connectivity index (χ0) is 13.7. The van der Waals surface area contributed by atoms with Crippen molar-refractivity contribution in [2.24, 2.45) is 5.84 Å². The van der Waals surface area contributed by atoms with Crippen molar-refractivity contribution in [2.75, 3.05) is 26.2 Å². The second kappa shape index (κ2) is 7.36. The molecule has 3 N–H and O–H groups in total. The molecule has 0 amide bonds. The molecule has 1 aromatic rings. The highest BCUT2D eigenvalue weighted by Gasteiger charge is 2.27. The van der Waals surface area contributed by atoms with E-state index in [1.807, 2.05) is 11.3 Å². The van der Waals surface area contributed by atoms with Gasteiger partial charge in [0.2, 0.25) is 0 Å². The van der Waals surface area contributed by atoms with Gasteiger partial charge in [-0.25, -0.2) is 0 Å². The van der Waals surface area contributed by atoms with Crippen molar-refractivity contribution in [2.45, 2.75) is 38.8 Å². The highest BCUT2D eigenvalue weighted by molar-refractivity contribution is 7.11. The Balaban J connectivity index is 1.95. The third kappa shape index (κ3) is 4.00. The highest BCUT2D eigenvalue weighted by atomic mass is 32.1. The van der Waals surface area contributed by atoms with Gasteiger partial charge in [-0.05, 0) is 25.1 Å². The minimum atomic E-state index is 0.186. The number of hydrazine groups is 1. The number of likely N-dealkylation sites (N-methyl/N-ethyl adjacent to an activating group) is 1. The van der Waals surface area contributed by atoms with Crippen molar-refractivity contribution in [1.82, 2.24) is 10.3 Å². The van der Waals surface area contributed by atoms with Crippen molar-refractivity contribution in [3.05, 3.63) is 21.9 Å². The van der Waals surface area contributed by atoms with E-state index in [0.717, 1.165) is 39.1 Å². The van der Waals surface area contributed by atoms with E-state index in [4.69, 9.17) is 10.6 Å². The van der Waals surface area contributed by atoms with E-state index in [0.29, 0.717) is 0 Å². The molecule has 19 heavy (non-hydrogen) atoms. The molecule has 0 aliphatic carbocycles. The van der Waals surface area contributed by atoms with Crippen LogP contribution in [-0.4, -0.2) is 43.3 Å². The van der Waals surface area contributed by atoms with Crippen molar-refractivity contribution >= 4 is 11.3 Å². The van der Waals surface area contributed by atoms with Crippen LogP contribution < -0.4 is 11.3 Å². The second-order valence-electron chi connectivity index (χ2n) is 5.00. The van der Waals surface area contributed by atoms with Crippen molar-refractivity contribution in [3.63, 3.8) is 0 Å². The first-order valence-electron chi connectivity index (χ1n) is 7.14. The summed E-state index contributed by atoms with van der Waals surface area (Å²) in [5.41, 5.74) is 2.95. The summed E-state index contributed by atoms with van der Waals surface area (Å²) in [5.74, 6) is 5.73. The molecular weight excluding hydrogens is 258 g/mol. The molecule has 5 heteroatoms. The topological polar surface area (TPSA) is 50.5 Å². The molecule has 2 atom stereocenters. The molecule has 1 aliphatic rings. The molecule has 1 saturated heterocycles. The molecule has 4 nitrogen and oxygen atoms in total. The van der Waals surface area contributed by atoms with Gasteiger partial charge in [-0.2, -0.15) is 0 Å². The van der Waals surface area contributed by atoms with E-state index >= 15 is 0 Å². The van der Waals surface area contributed by atoms with E-state index in [1.165, 1.54) is 9.75 Å². The Bertz CT molecular complexity index is 383. The quantitative estimate of drug-likeness (QED) is 0.612. The fourth-order valence-electron chi connectivity index (χ4n) is 2.50. The van der Waals surface area contributed by atoms with E-state index in [1.54, 1.807) is 0 Å². The van der Waals surface area contributed by atoms with Crippen LogP contribution in [0.1, 0.15) is 23.6 Å². The van der Waals surface area contributed by atoms with Crippen LogP contribution in [0, 0.1) is 0 Å². The number of aryl methyl sites for hydroxylation is 1. The number of ether oxygens (including phenoxy) is 1. The SMILES string of the molecule is CCc1ccc(CC(NN)C2CN(CC)CCO2)s1. The van der Waals surface area contributed by atoms with Crippen LogP contribution in [-0.2, 0) is 17.6 Å². The Kier molecular flexibility index (Phi) is 5.78. The van der Waals surface area contributed by atoms with Crippen molar-refractivity contribution in [1.29, 1.82) is 0 Å². The summed E-state index contributed by atoms with van der Waals surface area (Å²) in [6.07, 6.45) is 2.24. The first-order chi connectivity index (χ1) is 9.26. The minimum Gasteiger partial charge on any atom is -0.374 e. The molecule has 2 rings (SSSR count). The number of nitrogens with zero attached hydrogens (tertiary/aromatic N) is 1. The van der Waals surface area contributed by atoms with E-state index in [2.05, 4.69) is 36.3 Å². The maximum Gasteiger partial charge on any atom is 0.0872 e. The summed E-state index contributed by atoms with van der Waals surface area (Å²) >= 11 is 1.88. The third-order valence-corrected chi connectivity index (χ3v) is 5.03. The molecule has 1 fully saturated rings. The number of nitrogens with two attached hydrogens (primary N) is 1. The van der Waals surface area contributed by atoms with Crippen LogP contribution in [0.25, 0.3) is 0 Å². The fraction of sp³-hybridized carbons (Fsp3) is 0.714. The first-order valence-corrected chi connectivity index (χ1v) is 7.96. The van der Waals surface area contributed by atoms with Gasteiger partial charge in [0, 0.05) is 29.3 Å². The number of nitrogens with one attached hydrogen (secondary N) is 1. The Morgan fingerprint density at radius 1 is 1.47 bits per heavy atom. The Labute approximate surface area is 119 Å². The molecule has 108 valence electrons. The number of hydrogen-bond donors (Lipinski definition) is 2. The maximum absolute atomic E-state index is 5.89. The number of rotatable bonds is 6. The third-order valence-electron chi connectivity index (χ3n) is 3.77. The molecule has 0 spiro atoms. The predicted octanol–water partition coefficient (Wildman–Crippen LogP) is 1.41. The van der Waals surface area contributed by atoms with Crippen LogP contribution in [0.4, 0.5) is 0 Å². The molecule has 1 aliphatic heterocycles. The highest BCUT2D eigenvalue weighted by Crippen LogP contribution is 2.20. The van der Waals surface area contributed by atoms with E-state index in [-0.39, 0.29) is 12.1 Å². The Morgan fingerprint density at radius 2 is 2.26 bits per heavy atom. The summed E-state index contributed by atoms with van der Waals surface area (Å²) < 4.78 is 5.89.